The molecule has 21 heavy (non-hydrogen) atoms. The van der Waals surface area contributed by atoms with Gasteiger partial charge in [0.2, 0.25) is 0 Å². The van der Waals surface area contributed by atoms with Gasteiger partial charge in [-0.25, -0.2) is 0 Å². The molecule has 0 aliphatic rings. The molecule has 3 nitrogen and oxygen atoms in total. The molecule has 1 aromatic rings. The fourth-order valence-corrected chi connectivity index (χ4v) is 2.90. The molecule has 1 unspecified atom stereocenters. The van der Waals surface area contributed by atoms with Gasteiger partial charge in [0, 0.05) is 11.8 Å². The van der Waals surface area contributed by atoms with Gasteiger partial charge in [-0.2, -0.15) is 0 Å². The summed E-state index contributed by atoms with van der Waals surface area (Å²) in [5.41, 5.74) is 2.19. The Kier molecular flexibility index (Phi) is 7.26. The average molecular weight is 309 g/mol. The fraction of sp³-hybridized carbons (Fsp3) is 0.588. The second-order valence-electron chi connectivity index (χ2n) is 6.04. The minimum Gasteiger partial charge on any atom is -0.459 e. The van der Waals surface area contributed by atoms with Crippen molar-refractivity contribution in [2.45, 2.75) is 45.8 Å². The van der Waals surface area contributed by atoms with E-state index in [1.165, 1.54) is 11.1 Å². The molecule has 0 heterocycles. The van der Waals surface area contributed by atoms with Crippen LogP contribution >= 0.6 is 11.8 Å². The summed E-state index contributed by atoms with van der Waals surface area (Å²) in [6.07, 6.45) is 1.05. The Morgan fingerprint density at radius 2 is 1.90 bits per heavy atom. The molecular weight excluding hydrogens is 282 g/mol. The van der Waals surface area contributed by atoms with Gasteiger partial charge >= 0.3 is 5.97 Å². The Bertz CT molecular complexity index is 437. The maximum absolute atomic E-state index is 11.7. The van der Waals surface area contributed by atoms with E-state index < -0.39 is 5.60 Å². The van der Waals surface area contributed by atoms with Crippen LogP contribution in [0.4, 0.5) is 0 Å². The highest BCUT2D eigenvalue weighted by Gasteiger charge is 2.17. The molecule has 4 heteroatoms. The predicted molar refractivity (Wildman–Crippen MR) is 90.8 cm³/mol. The molecule has 0 saturated carbocycles. The van der Waals surface area contributed by atoms with Crippen molar-refractivity contribution in [2.75, 3.05) is 18.6 Å². The number of benzene rings is 1. The van der Waals surface area contributed by atoms with Crippen molar-refractivity contribution in [3.05, 3.63) is 35.4 Å². The summed E-state index contributed by atoms with van der Waals surface area (Å²) in [4.78, 5) is 11.7. The van der Waals surface area contributed by atoms with Crippen LogP contribution in [0.3, 0.4) is 0 Å². The summed E-state index contributed by atoms with van der Waals surface area (Å²) in [6.45, 7) is 7.82. The molecule has 118 valence electrons. The van der Waals surface area contributed by atoms with Crippen molar-refractivity contribution < 1.29 is 9.53 Å². The Labute approximate surface area is 132 Å². The van der Waals surface area contributed by atoms with E-state index in [0.717, 1.165) is 12.2 Å². The van der Waals surface area contributed by atoms with Gasteiger partial charge in [-0.05, 0) is 45.4 Å². The normalized spacial score (nSPS) is 13.0. The lowest BCUT2D eigenvalue weighted by Gasteiger charge is -2.20. The summed E-state index contributed by atoms with van der Waals surface area (Å²) in [6, 6.07) is 8.90. The van der Waals surface area contributed by atoms with E-state index in [4.69, 9.17) is 4.74 Å². The molecule has 0 aliphatic carbocycles. The molecule has 1 atom stereocenters. The third-order valence-electron chi connectivity index (χ3n) is 3.06. The summed E-state index contributed by atoms with van der Waals surface area (Å²) < 4.78 is 5.31. The standard InChI is InChI=1S/C17H27NO2S/c1-6-13-7-9-14(10-8-13)15(18-5)11-21-12-16(19)20-17(2,3)4/h7-10,15,18H,6,11-12H2,1-5H3. The summed E-state index contributed by atoms with van der Waals surface area (Å²) in [7, 11) is 1.95. The van der Waals surface area contributed by atoms with Crippen molar-refractivity contribution in [3.63, 3.8) is 0 Å². The fourth-order valence-electron chi connectivity index (χ4n) is 1.96. The van der Waals surface area contributed by atoms with E-state index in [1.54, 1.807) is 11.8 Å². The van der Waals surface area contributed by atoms with Gasteiger partial charge in [-0.15, -0.1) is 11.8 Å². The van der Waals surface area contributed by atoms with Crippen LogP contribution in [-0.2, 0) is 16.0 Å². The van der Waals surface area contributed by atoms with Crippen LogP contribution in [0.2, 0.25) is 0 Å². The van der Waals surface area contributed by atoms with Gasteiger partial charge < -0.3 is 10.1 Å². The lowest BCUT2D eigenvalue weighted by atomic mass is 10.1. The Hall–Kier alpha value is -1.00. The molecule has 1 rings (SSSR count). The summed E-state index contributed by atoms with van der Waals surface area (Å²) >= 11 is 1.60. The molecule has 1 aromatic carbocycles. The molecule has 0 saturated heterocycles. The van der Waals surface area contributed by atoms with E-state index >= 15 is 0 Å². The molecule has 0 radical (unpaired) electrons. The van der Waals surface area contributed by atoms with E-state index in [-0.39, 0.29) is 12.0 Å². The summed E-state index contributed by atoms with van der Waals surface area (Å²) in [5, 5.41) is 3.30. The van der Waals surface area contributed by atoms with Gasteiger partial charge in [0.25, 0.3) is 0 Å². The predicted octanol–water partition coefficient (Wildman–Crippen LogP) is 3.58. The quantitative estimate of drug-likeness (QED) is 0.781. The molecule has 0 aromatic heterocycles. The minimum absolute atomic E-state index is 0.149. The SMILES string of the molecule is CCc1ccc(C(CSCC(=O)OC(C)(C)C)NC)cc1. The average Bonchev–Trinajstić information content (AvgIpc) is 2.42. The van der Waals surface area contributed by atoms with Crippen molar-refractivity contribution in [1.82, 2.24) is 5.32 Å². The summed E-state index contributed by atoms with van der Waals surface area (Å²) in [5.74, 6) is 1.09. The third-order valence-corrected chi connectivity index (χ3v) is 4.07. The highest BCUT2D eigenvalue weighted by Crippen LogP contribution is 2.19. The number of carbonyl (C=O) groups is 1. The van der Waals surface area contributed by atoms with Crippen LogP contribution in [0, 0.1) is 0 Å². The van der Waals surface area contributed by atoms with Crippen molar-refractivity contribution >= 4 is 17.7 Å². The van der Waals surface area contributed by atoms with Gasteiger partial charge in [0.1, 0.15) is 5.60 Å². The Morgan fingerprint density at radius 1 is 1.29 bits per heavy atom. The molecule has 0 amide bonds. The van der Waals surface area contributed by atoms with Crippen LogP contribution in [0.1, 0.15) is 44.9 Å². The van der Waals surface area contributed by atoms with Crippen LogP contribution < -0.4 is 5.32 Å². The zero-order valence-electron chi connectivity index (χ0n) is 13.7. The van der Waals surface area contributed by atoms with Crippen LogP contribution in [0.25, 0.3) is 0 Å². The number of aryl methyl sites for hydroxylation is 1. The smallest absolute Gasteiger partial charge is 0.316 e. The van der Waals surface area contributed by atoms with Crippen molar-refractivity contribution in [3.8, 4) is 0 Å². The molecule has 1 N–H and O–H groups in total. The number of hydrogen-bond donors (Lipinski definition) is 1. The molecule has 0 aliphatic heterocycles. The second kappa shape index (κ2) is 8.44. The van der Waals surface area contributed by atoms with E-state index in [0.29, 0.717) is 5.75 Å². The lowest BCUT2D eigenvalue weighted by molar-refractivity contribution is -0.151. The number of ether oxygens (including phenoxy) is 1. The van der Waals surface area contributed by atoms with E-state index in [2.05, 4.69) is 36.5 Å². The first kappa shape index (κ1) is 18.1. The highest BCUT2D eigenvalue weighted by molar-refractivity contribution is 7.99. The molecule has 0 spiro atoms. The third kappa shape index (κ3) is 7.00. The lowest BCUT2D eigenvalue weighted by Crippen LogP contribution is -2.25. The number of rotatable bonds is 7. The number of esters is 1. The molecule has 0 bridgehead atoms. The number of thioether (sulfide) groups is 1. The second-order valence-corrected chi connectivity index (χ2v) is 7.07. The minimum atomic E-state index is -0.407. The van der Waals surface area contributed by atoms with Crippen LogP contribution in [-0.4, -0.2) is 30.1 Å². The van der Waals surface area contributed by atoms with Gasteiger partial charge in [-0.3, -0.25) is 4.79 Å². The first-order valence-electron chi connectivity index (χ1n) is 7.41. The number of hydrogen-bond acceptors (Lipinski definition) is 4. The van der Waals surface area contributed by atoms with Crippen LogP contribution in [0.5, 0.6) is 0 Å². The molecule has 0 fully saturated rings. The Balaban J connectivity index is 2.45. The van der Waals surface area contributed by atoms with E-state index in [9.17, 15) is 4.79 Å². The maximum atomic E-state index is 11.7. The van der Waals surface area contributed by atoms with Crippen molar-refractivity contribution in [1.29, 1.82) is 0 Å². The van der Waals surface area contributed by atoms with Crippen molar-refractivity contribution in [2.24, 2.45) is 0 Å². The number of nitrogens with one attached hydrogen (secondary N) is 1. The Morgan fingerprint density at radius 3 is 2.38 bits per heavy atom. The van der Waals surface area contributed by atoms with Gasteiger partial charge in [0.15, 0.2) is 0 Å². The highest BCUT2D eigenvalue weighted by atomic mass is 32.2. The van der Waals surface area contributed by atoms with Gasteiger partial charge in [0.05, 0.1) is 5.75 Å². The first-order valence-corrected chi connectivity index (χ1v) is 8.57. The largest absolute Gasteiger partial charge is 0.459 e. The zero-order valence-corrected chi connectivity index (χ0v) is 14.5. The van der Waals surface area contributed by atoms with E-state index in [1.807, 2.05) is 27.8 Å². The zero-order chi connectivity index (χ0) is 15.9. The first-order chi connectivity index (χ1) is 9.85. The monoisotopic (exact) mass is 309 g/mol. The number of carbonyl (C=O) groups excluding carboxylic acids is 1. The maximum Gasteiger partial charge on any atom is 0.316 e. The topological polar surface area (TPSA) is 38.3 Å². The van der Waals surface area contributed by atoms with Crippen LogP contribution in [0.15, 0.2) is 24.3 Å². The van der Waals surface area contributed by atoms with Gasteiger partial charge in [-0.1, -0.05) is 31.2 Å². The molecular formula is C17H27NO2S.